The second-order valence-corrected chi connectivity index (χ2v) is 6.93. The molecule has 1 amide bonds. The number of ether oxygens (including phenoxy) is 1. The lowest BCUT2D eigenvalue weighted by molar-refractivity contribution is -0.137. The summed E-state index contributed by atoms with van der Waals surface area (Å²) in [6, 6.07) is 5.83. The minimum absolute atomic E-state index is 0.0196. The number of carbonyl (C=O) groups excluding carboxylic acids is 1. The first kappa shape index (κ1) is 18.5. The molecule has 1 aliphatic heterocycles. The van der Waals surface area contributed by atoms with Gasteiger partial charge in [-0.25, -0.2) is 0 Å². The second-order valence-electron chi connectivity index (χ2n) is 5.26. The summed E-state index contributed by atoms with van der Waals surface area (Å²) in [5.41, 5.74) is 1.98. The van der Waals surface area contributed by atoms with Crippen molar-refractivity contribution in [3.05, 3.63) is 34.2 Å². The topological polar surface area (TPSA) is 66.8 Å². The third-order valence-electron chi connectivity index (χ3n) is 3.64. The molecule has 0 bridgehead atoms. The number of carbonyl (C=O) groups is 2. The average molecular weight is 365 g/mol. The van der Waals surface area contributed by atoms with Crippen LogP contribution in [0.1, 0.15) is 30.9 Å². The standard InChI is InChI=1S/C17H19NO4S2/c1-3-12-7-6-11(9-13(12)22-2)10-14-16(21)18(17(23)24-14)8-4-5-15(19)20/h6-7,9-10H,3-5,8H2,1-2H3,(H,19,20). The van der Waals surface area contributed by atoms with Crippen LogP contribution in [0.15, 0.2) is 23.1 Å². The van der Waals surface area contributed by atoms with E-state index in [0.717, 1.165) is 23.3 Å². The van der Waals surface area contributed by atoms with Crippen molar-refractivity contribution < 1.29 is 19.4 Å². The molecular weight excluding hydrogens is 346 g/mol. The Morgan fingerprint density at radius 1 is 1.46 bits per heavy atom. The first-order chi connectivity index (χ1) is 11.5. The first-order valence-corrected chi connectivity index (χ1v) is 8.82. The lowest BCUT2D eigenvalue weighted by Crippen LogP contribution is -2.29. The number of carboxylic acid groups (broad SMARTS) is 1. The maximum atomic E-state index is 12.4. The van der Waals surface area contributed by atoms with Crippen LogP contribution in [0.3, 0.4) is 0 Å². The Bertz CT molecular complexity index is 700. The Hall–Kier alpha value is -1.86. The van der Waals surface area contributed by atoms with E-state index in [-0.39, 0.29) is 12.3 Å². The molecule has 1 aromatic rings. The van der Waals surface area contributed by atoms with E-state index < -0.39 is 5.97 Å². The predicted molar refractivity (Wildman–Crippen MR) is 99.1 cm³/mol. The van der Waals surface area contributed by atoms with Crippen LogP contribution in [0.25, 0.3) is 6.08 Å². The first-order valence-electron chi connectivity index (χ1n) is 7.60. The quantitative estimate of drug-likeness (QED) is 0.591. The maximum absolute atomic E-state index is 12.4. The van der Waals surface area contributed by atoms with Crippen molar-refractivity contribution in [3.63, 3.8) is 0 Å². The zero-order valence-electron chi connectivity index (χ0n) is 13.6. The SMILES string of the molecule is CCc1ccc(C=C2SC(=S)N(CCCC(=O)O)C2=O)cc1OC. The van der Waals surface area contributed by atoms with E-state index in [1.54, 1.807) is 13.2 Å². The van der Waals surface area contributed by atoms with Gasteiger partial charge in [0.2, 0.25) is 0 Å². The lowest BCUT2D eigenvalue weighted by atomic mass is 10.1. The number of aryl methyl sites for hydroxylation is 1. The van der Waals surface area contributed by atoms with E-state index in [4.69, 9.17) is 22.1 Å². The van der Waals surface area contributed by atoms with Gasteiger partial charge in [0.1, 0.15) is 10.1 Å². The summed E-state index contributed by atoms with van der Waals surface area (Å²) in [5.74, 6) is -0.254. The van der Waals surface area contributed by atoms with Gasteiger partial charge in [-0.3, -0.25) is 14.5 Å². The number of thiocarbonyl (C=S) groups is 1. The number of aliphatic carboxylic acids is 1. The lowest BCUT2D eigenvalue weighted by Gasteiger charge is -2.13. The highest BCUT2D eigenvalue weighted by molar-refractivity contribution is 8.26. The minimum Gasteiger partial charge on any atom is -0.496 e. The number of nitrogens with zero attached hydrogens (tertiary/aromatic N) is 1. The molecule has 1 aliphatic rings. The molecule has 0 saturated carbocycles. The molecule has 5 nitrogen and oxygen atoms in total. The van der Waals surface area contributed by atoms with Crippen LogP contribution >= 0.6 is 24.0 Å². The van der Waals surface area contributed by atoms with Gasteiger partial charge in [0.15, 0.2) is 0 Å². The highest BCUT2D eigenvalue weighted by Crippen LogP contribution is 2.33. The van der Waals surface area contributed by atoms with E-state index in [2.05, 4.69) is 6.92 Å². The minimum atomic E-state index is -0.876. The molecule has 24 heavy (non-hydrogen) atoms. The number of benzene rings is 1. The highest BCUT2D eigenvalue weighted by Gasteiger charge is 2.31. The number of hydrogen-bond acceptors (Lipinski definition) is 5. The zero-order chi connectivity index (χ0) is 17.7. The molecule has 2 rings (SSSR count). The third-order valence-corrected chi connectivity index (χ3v) is 5.01. The number of methoxy groups -OCH3 is 1. The van der Waals surface area contributed by atoms with Crippen LogP contribution in [0.5, 0.6) is 5.75 Å². The maximum Gasteiger partial charge on any atom is 0.303 e. The molecule has 0 spiro atoms. The van der Waals surface area contributed by atoms with Crippen LogP contribution in [0.2, 0.25) is 0 Å². The number of carboxylic acids is 1. The van der Waals surface area contributed by atoms with Crippen molar-refractivity contribution in [3.8, 4) is 5.75 Å². The summed E-state index contributed by atoms with van der Waals surface area (Å²) < 4.78 is 5.84. The van der Waals surface area contributed by atoms with Crippen molar-refractivity contribution in [2.75, 3.05) is 13.7 Å². The van der Waals surface area contributed by atoms with Crippen LogP contribution in [0, 0.1) is 0 Å². The summed E-state index contributed by atoms with van der Waals surface area (Å²) in [5, 5.41) is 8.69. The van der Waals surface area contributed by atoms with Gasteiger partial charge in [-0.1, -0.05) is 43.0 Å². The molecule has 1 N–H and O–H groups in total. The van der Waals surface area contributed by atoms with Crippen LogP contribution in [-0.4, -0.2) is 39.9 Å². The van der Waals surface area contributed by atoms with E-state index in [1.807, 2.05) is 18.2 Å². The van der Waals surface area contributed by atoms with Crippen molar-refractivity contribution in [1.29, 1.82) is 0 Å². The number of hydrogen-bond donors (Lipinski definition) is 1. The van der Waals surface area contributed by atoms with Crippen LogP contribution in [0.4, 0.5) is 0 Å². The number of rotatable bonds is 7. The van der Waals surface area contributed by atoms with Gasteiger partial charge in [0, 0.05) is 13.0 Å². The third kappa shape index (κ3) is 4.36. The monoisotopic (exact) mass is 365 g/mol. The summed E-state index contributed by atoms with van der Waals surface area (Å²) in [7, 11) is 1.63. The number of amides is 1. The van der Waals surface area contributed by atoms with Gasteiger partial charge in [-0.05, 0) is 36.1 Å². The Morgan fingerprint density at radius 2 is 2.21 bits per heavy atom. The summed E-state index contributed by atoms with van der Waals surface area (Å²) in [6.45, 7) is 2.38. The fourth-order valence-electron chi connectivity index (χ4n) is 2.38. The van der Waals surface area contributed by atoms with Crippen molar-refractivity contribution in [2.24, 2.45) is 0 Å². The van der Waals surface area contributed by atoms with E-state index >= 15 is 0 Å². The van der Waals surface area contributed by atoms with Crippen molar-refractivity contribution >= 4 is 46.3 Å². The molecular formula is C17H19NO4S2. The molecule has 0 unspecified atom stereocenters. The average Bonchev–Trinajstić information content (AvgIpc) is 2.81. The fourth-order valence-corrected chi connectivity index (χ4v) is 3.68. The number of thioether (sulfide) groups is 1. The van der Waals surface area contributed by atoms with E-state index in [0.29, 0.717) is 22.2 Å². The van der Waals surface area contributed by atoms with Crippen LogP contribution < -0.4 is 4.74 Å². The molecule has 128 valence electrons. The molecule has 0 aliphatic carbocycles. The molecule has 1 fully saturated rings. The van der Waals surface area contributed by atoms with Gasteiger partial charge >= 0.3 is 5.97 Å². The van der Waals surface area contributed by atoms with Gasteiger partial charge in [-0.15, -0.1) is 0 Å². The Morgan fingerprint density at radius 3 is 2.83 bits per heavy atom. The largest absolute Gasteiger partial charge is 0.496 e. The second kappa shape index (κ2) is 8.30. The van der Waals surface area contributed by atoms with Gasteiger partial charge in [0.05, 0.1) is 12.0 Å². The molecule has 7 heteroatoms. The summed E-state index contributed by atoms with van der Waals surface area (Å²) in [4.78, 5) is 25.0. The van der Waals surface area contributed by atoms with Gasteiger partial charge in [0.25, 0.3) is 5.91 Å². The molecule has 0 aromatic heterocycles. The summed E-state index contributed by atoms with van der Waals surface area (Å²) in [6.07, 6.45) is 3.06. The van der Waals surface area contributed by atoms with Crippen molar-refractivity contribution in [2.45, 2.75) is 26.2 Å². The smallest absolute Gasteiger partial charge is 0.303 e. The zero-order valence-corrected chi connectivity index (χ0v) is 15.2. The normalized spacial score (nSPS) is 16.1. The molecule has 0 radical (unpaired) electrons. The van der Waals surface area contributed by atoms with Gasteiger partial charge in [-0.2, -0.15) is 0 Å². The molecule has 1 heterocycles. The van der Waals surface area contributed by atoms with Gasteiger partial charge < -0.3 is 9.84 Å². The predicted octanol–water partition coefficient (Wildman–Crippen LogP) is 3.32. The van der Waals surface area contributed by atoms with Crippen LogP contribution in [-0.2, 0) is 16.0 Å². The van der Waals surface area contributed by atoms with E-state index in [1.165, 1.54) is 16.7 Å². The molecule has 0 atom stereocenters. The molecule has 1 saturated heterocycles. The Kier molecular flexibility index (Phi) is 6.39. The summed E-state index contributed by atoms with van der Waals surface area (Å²) >= 11 is 6.47. The van der Waals surface area contributed by atoms with E-state index in [9.17, 15) is 9.59 Å². The Labute approximate surface area is 150 Å². The fraction of sp³-hybridized carbons (Fsp3) is 0.353. The Balaban J connectivity index is 2.14. The van der Waals surface area contributed by atoms with Crippen molar-refractivity contribution in [1.82, 2.24) is 4.90 Å². The molecule has 1 aromatic carbocycles. The highest BCUT2D eigenvalue weighted by atomic mass is 32.2.